The first-order valence-corrected chi connectivity index (χ1v) is 13.4. The van der Waals surface area contributed by atoms with E-state index in [9.17, 15) is 14.7 Å². The standard InChI is InChI=1S/C30H34N2O3.C2H6/c1-6-31-27-15-21-8-9-22-16-28(32-7-2)18(4)13-25(22)29(24(21)12-17(27)3)26-14-20(19(5)33)10-11-23(26)30(34)35;1-2/h10-16,27,31-32H,6-9H2,1-5H3,(H,34,35);1-2H3. The fourth-order valence-corrected chi connectivity index (χ4v) is 5.16. The number of nitrogens with one attached hydrogen (secondary N) is 2. The van der Waals surface area contributed by atoms with Crippen molar-refractivity contribution < 1.29 is 14.7 Å². The molecule has 0 fully saturated rings. The second-order valence-corrected chi connectivity index (χ2v) is 9.38. The predicted molar refractivity (Wildman–Crippen MR) is 154 cm³/mol. The summed E-state index contributed by atoms with van der Waals surface area (Å²) in [5.41, 5.74) is 10.1. The summed E-state index contributed by atoms with van der Waals surface area (Å²) in [6.45, 7) is 15.6. The number of benzene rings is 2. The van der Waals surface area contributed by atoms with Crippen LogP contribution < -0.4 is 10.6 Å². The Balaban J connectivity index is 0.00000186. The van der Waals surface area contributed by atoms with Crippen LogP contribution in [0.2, 0.25) is 0 Å². The van der Waals surface area contributed by atoms with Crippen molar-refractivity contribution in [2.45, 2.75) is 67.3 Å². The summed E-state index contributed by atoms with van der Waals surface area (Å²) in [5.74, 6) is -1.08. The number of aryl methyl sites for hydroxylation is 2. The van der Waals surface area contributed by atoms with E-state index in [0.29, 0.717) is 11.1 Å². The fourth-order valence-electron chi connectivity index (χ4n) is 5.16. The first-order valence-electron chi connectivity index (χ1n) is 13.4. The molecule has 2 aliphatic carbocycles. The molecule has 0 aliphatic heterocycles. The van der Waals surface area contributed by atoms with Gasteiger partial charge in [0.25, 0.3) is 0 Å². The lowest BCUT2D eigenvalue weighted by Crippen LogP contribution is -2.30. The zero-order valence-electron chi connectivity index (χ0n) is 23.2. The van der Waals surface area contributed by atoms with Crippen LogP contribution in [0.4, 0.5) is 5.69 Å². The molecule has 2 aliphatic rings. The molecule has 0 heterocycles. The van der Waals surface area contributed by atoms with Crippen LogP contribution in [0.5, 0.6) is 0 Å². The molecular weight excluding hydrogens is 460 g/mol. The van der Waals surface area contributed by atoms with Crippen LogP contribution in [-0.4, -0.2) is 36.0 Å². The van der Waals surface area contributed by atoms with Crippen LogP contribution >= 0.6 is 0 Å². The SMILES string of the molecule is CC.CCNc1cc2c(cc1C)C(c1cc(C(C)=O)ccc1C(=O)O)=C1C=C(C)C(NCC)C=C1CC2. The van der Waals surface area contributed by atoms with Gasteiger partial charge in [-0.15, -0.1) is 0 Å². The Morgan fingerprint density at radius 3 is 2.35 bits per heavy atom. The van der Waals surface area contributed by atoms with Gasteiger partial charge >= 0.3 is 5.97 Å². The largest absolute Gasteiger partial charge is 0.478 e. The van der Waals surface area contributed by atoms with E-state index in [2.05, 4.69) is 62.6 Å². The van der Waals surface area contributed by atoms with Gasteiger partial charge in [-0.2, -0.15) is 0 Å². The van der Waals surface area contributed by atoms with Gasteiger partial charge in [-0.3, -0.25) is 4.79 Å². The summed E-state index contributed by atoms with van der Waals surface area (Å²) >= 11 is 0. The van der Waals surface area contributed by atoms with Gasteiger partial charge in [0.1, 0.15) is 0 Å². The number of anilines is 1. The van der Waals surface area contributed by atoms with E-state index in [0.717, 1.165) is 53.9 Å². The van der Waals surface area contributed by atoms with Gasteiger partial charge in [-0.1, -0.05) is 44.6 Å². The highest BCUT2D eigenvalue weighted by Gasteiger charge is 2.28. The zero-order chi connectivity index (χ0) is 27.3. The zero-order valence-corrected chi connectivity index (χ0v) is 23.2. The van der Waals surface area contributed by atoms with Gasteiger partial charge in [0, 0.05) is 23.8 Å². The van der Waals surface area contributed by atoms with Crippen molar-refractivity contribution in [3.8, 4) is 0 Å². The number of hydrogen-bond donors (Lipinski definition) is 3. The molecule has 1 unspecified atom stereocenters. The maximum Gasteiger partial charge on any atom is 0.336 e. The minimum Gasteiger partial charge on any atom is -0.478 e. The average molecular weight is 501 g/mol. The highest BCUT2D eigenvalue weighted by atomic mass is 16.4. The summed E-state index contributed by atoms with van der Waals surface area (Å²) in [7, 11) is 0. The number of allylic oxidation sites excluding steroid dienone is 3. The molecule has 2 aromatic rings. The highest BCUT2D eigenvalue weighted by molar-refractivity contribution is 6.03. The summed E-state index contributed by atoms with van der Waals surface area (Å²) in [5, 5.41) is 17.1. The van der Waals surface area contributed by atoms with Gasteiger partial charge in [-0.05, 0) is 110 Å². The average Bonchev–Trinajstić information content (AvgIpc) is 3.02. The normalized spacial score (nSPS) is 16.4. The van der Waals surface area contributed by atoms with E-state index in [4.69, 9.17) is 0 Å². The number of ketones is 1. The number of carboxylic acid groups (broad SMARTS) is 1. The summed E-state index contributed by atoms with van der Waals surface area (Å²) in [6.07, 6.45) is 6.20. The van der Waals surface area contributed by atoms with Gasteiger partial charge < -0.3 is 15.7 Å². The topological polar surface area (TPSA) is 78.4 Å². The van der Waals surface area contributed by atoms with Crippen LogP contribution in [0.3, 0.4) is 0 Å². The lowest BCUT2D eigenvalue weighted by atomic mass is 9.82. The van der Waals surface area contributed by atoms with Crippen molar-refractivity contribution in [3.63, 3.8) is 0 Å². The molecule has 0 saturated carbocycles. The second-order valence-electron chi connectivity index (χ2n) is 9.38. The van der Waals surface area contributed by atoms with E-state index in [-0.39, 0.29) is 17.4 Å². The molecule has 5 nitrogen and oxygen atoms in total. The first kappa shape index (κ1) is 28.1. The second kappa shape index (κ2) is 12.2. The van der Waals surface area contributed by atoms with Crippen LogP contribution in [-0.2, 0) is 6.42 Å². The molecule has 4 rings (SSSR count). The maximum absolute atomic E-state index is 12.4. The lowest BCUT2D eigenvalue weighted by molar-refractivity contribution is 0.0696. The Kier molecular flexibility index (Phi) is 9.28. The number of fused-ring (bicyclic) bond motifs is 2. The van der Waals surface area contributed by atoms with E-state index < -0.39 is 5.97 Å². The van der Waals surface area contributed by atoms with Gasteiger partial charge in [0.2, 0.25) is 0 Å². The Hall–Kier alpha value is -3.44. The van der Waals surface area contributed by atoms with Crippen LogP contribution in [0, 0.1) is 6.92 Å². The summed E-state index contributed by atoms with van der Waals surface area (Å²) < 4.78 is 0. The van der Waals surface area contributed by atoms with Crippen LogP contribution in [0.25, 0.3) is 5.57 Å². The third-order valence-electron chi connectivity index (χ3n) is 6.95. The van der Waals surface area contributed by atoms with Crippen molar-refractivity contribution in [1.82, 2.24) is 5.32 Å². The molecule has 3 N–H and O–H groups in total. The highest BCUT2D eigenvalue weighted by Crippen LogP contribution is 2.43. The number of hydrogen-bond acceptors (Lipinski definition) is 4. The van der Waals surface area contributed by atoms with Crippen molar-refractivity contribution in [2.24, 2.45) is 0 Å². The summed E-state index contributed by atoms with van der Waals surface area (Å²) in [4.78, 5) is 24.6. The molecule has 37 heavy (non-hydrogen) atoms. The molecule has 0 spiro atoms. The third-order valence-corrected chi connectivity index (χ3v) is 6.95. The maximum atomic E-state index is 12.4. The van der Waals surface area contributed by atoms with Gasteiger partial charge in [0.05, 0.1) is 5.56 Å². The van der Waals surface area contributed by atoms with Crippen molar-refractivity contribution in [3.05, 3.63) is 92.6 Å². The third kappa shape index (κ3) is 5.78. The number of carbonyl (C=O) groups excluding carboxylic acids is 1. The molecule has 0 bridgehead atoms. The van der Waals surface area contributed by atoms with Crippen molar-refractivity contribution in [2.75, 3.05) is 18.4 Å². The molecule has 0 amide bonds. The Bertz CT molecular complexity index is 1300. The van der Waals surface area contributed by atoms with Gasteiger partial charge in [-0.25, -0.2) is 4.79 Å². The number of carboxylic acids is 1. The number of carbonyl (C=O) groups is 2. The molecule has 0 aromatic heterocycles. The number of likely N-dealkylation sites (N-methyl/N-ethyl adjacent to an activating group) is 1. The molecular formula is C32H40N2O3. The lowest BCUT2D eigenvalue weighted by Gasteiger charge is -2.25. The van der Waals surface area contributed by atoms with Crippen LogP contribution in [0.15, 0.2) is 59.2 Å². The molecule has 5 heteroatoms. The molecule has 0 radical (unpaired) electrons. The smallest absolute Gasteiger partial charge is 0.336 e. The molecule has 0 saturated heterocycles. The van der Waals surface area contributed by atoms with Crippen molar-refractivity contribution >= 4 is 23.0 Å². The monoisotopic (exact) mass is 500 g/mol. The van der Waals surface area contributed by atoms with E-state index in [1.165, 1.54) is 23.6 Å². The van der Waals surface area contributed by atoms with E-state index in [1.807, 2.05) is 13.8 Å². The quantitative estimate of drug-likeness (QED) is 0.358. The number of rotatable bonds is 7. The minimum atomic E-state index is -0.998. The molecule has 196 valence electrons. The number of aromatic carboxylic acids is 1. The van der Waals surface area contributed by atoms with Gasteiger partial charge in [0.15, 0.2) is 5.78 Å². The van der Waals surface area contributed by atoms with E-state index >= 15 is 0 Å². The Morgan fingerprint density at radius 2 is 1.73 bits per heavy atom. The predicted octanol–water partition coefficient (Wildman–Crippen LogP) is 6.97. The fraction of sp³-hybridized carbons (Fsp3) is 0.375. The molecule has 1 atom stereocenters. The van der Waals surface area contributed by atoms with E-state index in [1.54, 1.807) is 18.2 Å². The molecule has 2 aromatic carbocycles. The summed E-state index contributed by atoms with van der Waals surface area (Å²) in [6, 6.07) is 9.47. The van der Waals surface area contributed by atoms with Crippen molar-refractivity contribution in [1.29, 1.82) is 0 Å². The minimum absolute atomic E-state index is 0.0837. The Morgan fingerprint density at radius 1 is 1.00 bits per heavy atom. The number of Topliss-reactive ketones (excluding diaryl/α,β-unsaturated/α-hetero) is 1. The van der Waals surface area contributed by atoms with Crippen LogP contribution in [0.1, 0.15) is 90.9 Å². The first-order chi connectivity index (χ1) is 17.7. The Labute approximate surface area is 221 Å².